The molecule has 0 spiro atoms. The monoisotopic (exact) mass is 314 g/mol. The zero-order chi connectivity index (χ0) is 14.0. The van der Waals surface area contributed by atoms with Crippen molar-refractivity contribution in [3.63, 3.8) is 0 Å². The van der Waals surface area contributed by atoms with Crippen molar-refractivity contribution in [2.24, 2.45) is 0 Å². The van der Waals surface area contributed by atoms with Crippen LogP contribution in [0.5, 0.6) is 0 Å². The molecule has 0 aliphatic rings. The largest absolute Gasteiger partial charge is 0.388 e. The fraction of sp³-hybridized carbons (Fsp3) is 0.200. The Morgan fingerprint density at radius 2 is 1.74 bits per heavy atom. The minimum absolute atomic E-state index is 0.485. The summed E-state index contributed by atoms with van der Waals surface area (Å²) in [6.07, 6.45) is -0.103. The van der Waals surface area contributed by atoms with Gasteiger partial charge in [-0.1, -0.05) is 46.9 Å². The van der Waals surface area contributed by atoms with E-state index in [-0.39, 0.29) is 0 Å². The zero-order valence-corrected chi connectivity index (χ0v) is 12.6. The van der Waals surface area contributed by atoms with Gasteiger partial charge in [0, 0.05) is 11.4 Å². The van der Waals surface area contributed by atoms with Crippen LogP contribution >= 0.6 is 34.8 Å². The van der Waals surface area contributed by atoms with E-state index in [9.17, 15) is 5.11 Å². The number of benzene rings is 2. The number of hydrogen-bond acceptors (Lipinski definition) is 1. The van der Waals surface area contributed by atoms with Crippen LogP contribution in [0.15, 0.2) is 36.4 Å². The standard InChI is InChI=1S/C15H13Cl3O/c1-9-6-11(16)3-4-12(9)15(19)8-10-2-5-13(17)14(18)7-10/h2-7,15,19H,8H2,1H3. The van der Waals surface area contributed by atoms with Crippen LogP contribution in [-0.2, 0) is 6.42 Å². The van der Waals surface area contributed by atoms with Crippen LogP contribution in [0.1, 0.15) is 22.8 Å². The van der Waals surface area contributed by atoms with Crippen molar-refractivity contribution >= 4 is 34.8 Å². The lowest BCUT2D eigenvalue weighted by atomic mass is 9.98. The van der Waals surface area contributed by atoms with Gasteiger partial charge in [-0.15, -0.1) is 0 Å². The van der Waals surface area contributed by atoms with Gasteiger partial charge in [0.05, 0.1) is 16.1 Å². The van der Waals surface area contributed by atoms with Crippen LogP contribution in [0.3, 0.4) is 0 Å². The minimum atomic E-state index is -0.588. The Bertz CT molecular complexity index is 596. The molecule has 1 atom stereocenters. The molecule has 2 rings (SSSR count). The summed E-state index contributed by atoms with van der Waals surface area (Å²) >= 11 is 17.7. The molecule has 0 fully saturated rings. The van der Waals surface area contributed by atoms with Crippen LogP contribution in [-0.4, -0.2) is 5.11 Å². The second-order valence-electron chi connectivity index (χ2n) is 4.47. The Kier molecular flexibility index (Phi) is 4.75. The molecule has 0 amide bonds. The summed E-state index contributed by atoms with van der Waals surface area (Å²) in [5, 5.41) is 12.0. The highest BCUT2D eigenvalue weighted by Gasteiger charge is 2.12. The minimum Gasteiger partial charge on any atom is -0.388 e. The highest BCUT2D eigenvalue weighted by Crippen LogP contribution is 2.27. The molecule has 0 aliphatic carbocycles. The molecule has 0 radical (unpaired) electrons. The molecule has 4 heteroatoms. The number of rotatable bonds is 3. The lowest BCUT2D eigenvalue weighted by molar-refractivity contribution is 0.178. The first-order chi connectivity index (χ1) is 8.97. The maximum atomic E-state index is 10.3. The van der Waals surface area contributed by atoms with Crippen LogP contribution in [0.2, 0.25) is 15.1 Å². The number of aryl methyl sites for hydroxylation is 1. The van der Waals surface area contributed by atoms with Crippen molar-refractivity contribution < 1.29 is 5.11 Å². The average molecular weight is 316 g/mol. The maximum absolute atomic E-state index is 10.3. The van der Waals surface area contributed by atoms with Crippen molar-refractivity contribution in [1.29, 1.82) is 0 Å². The van der Waals surface area contributed by atoms with E-state index in [0.717, 1.165) is 16.7 Å². The van der Waals surface area contributed by atoms with Crippen molar-refractivity contribution in [2.75, 3.05) is 0 Å². The summed E-state index contributed by atoms with van der Waals surface area (Å²) in [7, 11) is 0. The third kappa shape index (κ3) is 3.64. The van der Waals surface area contributed by atoms with E-state index in [0.29, 0.717) is 21.5 Å². The van der Waals surface area contributed by atoms with Gasteiger partial charge in [0.1, 0.15) is 0 Å². The summed E-state index contributed by atoms with van der Waals surface area (Å²) in [6, 6.07) is 10.8. The first-order valence-electron chi connectivity index (χ1n) is 5.85. The molecular formula is C15H13Cl3O. The van der Waals surface area contributed by atoms with E-state index < -0.39 is 6.10 Å². The highest BCUT2D eigenvalue weighted by molar-refractivity contribution is 6.42. The van der Waals surface area contributed by atoms with Crippen molar-refractivity contribution in [3.8, 4) is 0 Å². The molecule has 19 heavy (non-hydrogen) atoms. The molecule has 0 aromatic heterocycles. The van der Waals surface area contributed by atoms with E-state index in [4.69, 9.17) is 34.8 Å². The third-order valence-electron chi connectivity index (χ3n) is 3.00. The molecule has 2 aromatic rings. The summed E-state index contributed by atoms with van der Waals surface area (Å²) < 4.78 is 0. The molecule has 1 unspecified atom stereocenters. The normalized spacial score (nSPS) is 12.5. The van der Waals surface area contributed by atoms with Gasteiger partial charge in [0.25, 0.3) is 0 Å². The molecule has 1 nitrogen and oxygen atoms in total. The Morgan fingerprint density at radius 1 is 1.00 bits per heavy atom. The van der Waals surface area contributed by atoms with Crippen molar-refractivity contribution in [1.82, 2.24) is 0 Å². The Hall–Kier alpha value is -0.730. The van der Waals surface area contributed by atoms with E-state index >= 15 is 0 Å². The topological polar surface area (TPSA) is 20.2 Å². The van der Waals surface area contributed by atoms with Gasteiger partial charge < -0.3 is 5.11 Å². The Balaban J connectivity index is 2.20. The number of aliphatic hydroxyl groups is 1. The molecule has 0 heterocycles. The second kappa shape index (κ2) is 6.15. The van der Waals surface area contributed by atoms with Gasteiger partial charge >= 0.3 is 0 Å². The molecule has 100 valence electrons. The van der Waals surface area contributed by atoms with Crippen molar-refractivity contribution in [3.05, 3.63) is 68.2 Å². The van der Waals surface area contributed by atoms with Gasteiger partial charge in [-0.25, -0.2) is 0 Å². The average Bonchev–Trinajstić information content (AvgIpc) is 2.33. The molecule has 2 aromatic carbocycles. The number of hydrogen-bond donors (Lipinski definition) is 1. The van der Waals surface area contributed by atoms with E-state index in [1.165, 1.54) is 0 Å². The summed E-state index contributed by atoms with van der Waals surface area (Å²) in [6.45, 7) is 1.93. The SMILES string of the molecule is Cc1cc(Cl)ccc1C(O)Cc1ccc(Cl)c(Cl)c1. The lowest BCUT2D eigenvalue weighted by Gasteiger charge is -2.14. The molecule has 1 N–H and O–H groups in total. The van der Waals surface area contributed by atoms with E-state index in [2.05, 4.69) is 0 Å². The summed E-state index contributed by atoms with van der Waals surface area (Å²) in [4.78, 5) is 0. The third-order valence-corrected chi connectivity index (χ3v) is 3.98. The molecule has 0 saturated heterocycles. The zero-order valence-electron chi connectivity index (χ0n) is 10.3. The van der Waals surface area contributed by atoms with Gasteiger partial charge in [-0.3, -0.25) is 0 Å². The smallest absolute Gasteiger partial charge is 0.0832 e. The van der Waals surface area contributed by atoms with Crippen LogP contribution in [0, 0.1) is 6.92 Å². The fourth-order valence-electron chi connectivity index (χ4n) is 2.01. The highest BCUT2D eigenvalue weighted by atomic mass is 35.5. The predicted molar refractivity (Wildman–Crippen MR) is 81.3 cm³/mol. The Morgan fingerprint density at radius 3 is 2.37 bits per heavy atom. The van der Waals surface area contributed by atoms with E-state index in [1.54, 1.807) is 18.2 Å². The van der Waals surface area contributed by atoms with Gasteiger partial charge in [-0.2, -0.15) is 0 Å². The fourth-order valence-corrected chi connectivity index (χ4v) is 2.56. The molecule has 0 aliphatic heterocycles. The molecule has 0 bridgehead atoms. The first kappa shape index (κ1) is 14.7. The lowest BCUT2D eigenvalue weighted by Crippen LogP contribution is -2.03. The quantitative estimate of drug-likeness (QED) is 0.822. The van der Waals surface area contributed by atoms with Crippen molar-refractivity contribution in [2.45, 2.75) is 19.4 Å². The Labute approximate surface area is 127 Å². The second-order valence-corrected chi connectivity index (χ2v) is 5.72. The van der Waals surface area contributed by atoms with Gasteiger partial charge in [0.2, 0.25) is 0 Å². The van der Waals surface area contributed by atoms with Crippen LogP contribution in [0.4, 0.5) is 0 Å². The van der Waals surface area contributed by atoms with E-state index in [1.807, 2.05) is 25.1 Å². The predicted octanol–water partition coefficient (Wildman–Crippen LogP) is 5.23. The van der Waals surface area contributed by atoms with Gasteiger partial charge in [-0.05, 0) is 47.9 Å². The first-order valence-corrected chi connectivity index (χ1v) is 6.99. The van der Waals surface area contributed by atoms with Gasteiger partial charge in [0.15, 0.2) is 0 Å². The maximum Gasteiger partial charge on any atom is 0.0832 e. The summed E-state index contributed by atoms with van der Waals surface area (Å²) in [5.74, 6) is 0. The molecule has 0 saturated carbocycles. The molecular weight excluding hydrogens is 303 g/mol. The summed E-state index contributed by atoms with van der Waals surface area (Å²) in [5.41, 5.74) is 2.78. The van der Waals surface area contributed by atoms with Crippen LogP contribution in [0.25, 0.3) is 0 Å². The number of aliphatic hydroxyl groups excluding tert-OH is 1. The van der Waals surface area contributed by atoms with Crippen LogP contribution < -0.4 is 0 Å². The number of halogens is 3.